The summed E-state index contributed by atoms with van der Waals surface area (Å²) in [6.45, 7) is 5.12. The van der Waals surface area contributed by atoms with Crippen molar-refractivity contribution in [3.63, 3.8) is 0 Å². The third-order valence-corrected chi connectivity index (χ3v) is 3.92. The fourth-order valence-electron chi connectivity index (χ4n) is 2.13. The molecular weight excluding hydrogens is 250 g/mol. The Bertz CT molecular complexity index is 459. The Morgan fingerprint density at radius 2 is 2.22 bits per heavy atom. The van der Waals surface area contributed by atoms with Crippen LogP contribution in [0.5, 0.6) is 0 Å². The molecule has 1 heterocycles. The van der Waals surface area contributed by atoms with E-state index in [1.807, 2.05) is 13.8 Å². The SMILES string of the molecule is CC1(C)CCN(C(=O)c2cccc(Cl)c2)CC1O. The number of carbonyl (C=O) groups is 1. The van der Waals surface area contributed by atoms with Crippen LogP contribution in [-0.2, 0) is 0 Å². The standard InChI is InChI=1S/C14H18ClNO2/c1-14(2)6-7-16(9-12(14)17)13(18)10-4-3-5-11(15)8-10/h3-5,8,12,17H,6-7,9H2,1-2H3. The molecule has 0 saturated carbocycles. The van der Waals surface area contributed by atoms with Crippen LogP contribution in [0.2, 0.25) is 5.02 Å². The molecule has 3 nitrogen and oxygen atoms in total. The minimum Gasteiger partial charge on any atom is -0.391 e. The quantitative estimate of drug-likeness (QED) is 0.850. The van der Waals surface area contributed by atoms with Gasteiger partial charge in [0, 0.05) is 23.7 Å². The molecule has 2 rings (SSSR count). The van der Waals surface area contributed by atoms with Crippen molar-refractivity contribution in [2.45, 2.75) is 26.4 Å². The molecule has 1 amide bonds. The van der Waals surface area contributed by atoms with Gasteiger partial charge in [0.05, 0.1) is 6.10 Å². The zero-order valence-corrected chi connectivity index (χ0v) is 11.4. The predicted octanol–water partition coefficient (Wildman–Crippen LogP) is 2.57. The highest BCUT2D eigenvalue weighted by Crippen LogP contribution is 2.31. The number of hydrogen-bond acceptors (Lipinski definition) is 2. The number of carbonyl (C=O) groups excluding carboxylic acids is 1. The van der Waals surface area contributed by atoms with Crippen molar-refractivity contribution in [2.75, 3.05) is 13.1 Å². The van der Waals surface area contributed by atoms with Gasteiger partial charge in [-0.2, -0.15) is 0 Å². The normalized spacial score (nSPS) is 22.9. The van der Waals surface area contributed by atoms with E-state index in [1.165, 1.54) is 0 Å². The second-order valence-electron chi connectivity index (χ2n) is 5.52. The third kappa shape index (κ3) is 2.68. The van der Waals surface area contributed by atoms with Gasteiger partial charge in [-0.25, -0.2) is 0 Å². The first kappa shape index (κ1) is 13.4. The number of piperidine rings is 1. The maximum atomic E-state index is 12.3. The van der Waals surface area contributed by atoms with Crippen LogP contribution in [0.15, 0.2) is 24.3 Å². The largest absolute Gasteiger partial charge is 0.391 e. The number of rotatable bonds is 1. The van der Waals surface area contributed by atoms with Gasteiger partial charge in [0.1, 0.15) is 0 Å². The van der Waals surface area contributed by atoms with Crippen molar-refractivity contribution in [1.82, 2.24) is 4.90 Å². The summed E-state index contributed by atoms with van der Waals surface area (Å²) in [5.74, 6) is -0.0629. The molecule has 0 radical (unpaired) electrons. The topological polar surface area (TPSA) is 40.5 Å². The van der Waals surface area contributed by atoms with E-state index >= 15 is 0 Å². The Balaban J connectivity index is 2.12. The summed E-state index contributed by atoms with van der Waals surface area (Å²) in [4.78, 5) is 14.0. The first-order valence-corrected chi connectivity index (χ1v) is 6.51. The van der Waals surface area contributed by atoms with Crippen molar-refractivity contribution in [2.24, 2.45) is 5.41 Å². The maximum Gasteiger partial charge on any atom is 0.253 e. The predicted molar refractivity (Wildman–Crippen MR) is 71.8 cm³/mol. The van der Waals surface area contributed by atoms with Gasteiger partial charge in [-0.15, -0.1) is 0 Å². The molecule has 1 aromatic rings. The van der Waals surface area contributed by atoms with Crippen LogP contribution in [0.25, 0.3) is 0 Å². The van der Waals surface area contributed by atoms with Crippen LogP contribution in [0.4, 0.5) is 0 Å². The molecule has 1 atom stereocenters. The number of aliphatic hydroxyl groups excluding tert-OH is 1. The van der Waals surface area contributed by atoms with E-state index in [0.29, 0.717) is 23.7 Å². The van der Waals surface area contributed by atoms with Gasteiger partial charge in [-0.3, -0.25) is 4.79 Å². The lowest BCUT2D eigenvalue weighted by atomic mass is 9.80. The minimum atomic E-state index is -0.477. The van der Waals surface area contributed by atoms with Crippen LogP contribution in [-0.4, -0.2) is 35.1 Å². The van der Waals surface area contributed by atoms with E-state index in [1.54, 1.807) is 29.2 Å². The monoisotopic (exact) mass is 267 g/mol. The zero-order valence-electron chi connectivity index (χ0n) is 10.7. The van der Waals surface area contributed by atoms with E-state index in [0.717, 1.165) is 6.42 Å². The molecule has 18 heavy (non-hydrogen) atoms. The first-order valence-electron chi connectivity index (χ1n) is 6.13. The average molecular weight is 268 g/mol. The second-order valence-corrected chi connectivity index (χ2v) is 5.95. The van der Waals surface area contributed by atoms with Crippen LogP contribution < -0.4 is 0 Å². The van der Waals surface area contributed by atoms with Crippen LogP contribution in [0.1, 0.15) is 30.6 Å². The molecule has 1 unspecified atom stereocenters. The van der Waals surface area contributed by atoms with Crippen LogP contribution in [0.3, 0.4) is 0 Å². The summed E-state index contributed by atoms with van der Waals surface area (Å²) in [5.41, 5.74) is 0.458. The maximum absolute atomic E-state index is 12.3. The highest BCUT2D eigenvalue weighted by Gasteiger charge is 2.36. The Labute approximate surface area is 112 Å². The Morgan fingerprint density at radius 3 is 2.83 bits per heavy atom. The number of nitrogens with zero attached hydrogens (tertiary/aromatic N) is 1. The number of β-amino-alcohol motifs (C(OH)–C–C–N with tert-alkyl or cyclic N) is 1. The van der Waals surface area contributed by atoms with Crippen molar-refractivity contribution in [1.29, 1.82) is 0 Å². The minimum absolute atomic E-state index is 0.0629. The van der Waals surface area contributed by atoms with Crippen molar-refractivity contribution < 1.29 is 9.90 Å². The van der Waals surface area contributed by atoms with Gasteiger partial charge in [0.2, 0.25) is 0 Å². The van der Waals surface area contributed by atoms with Gasteiger partial charge < -0.3 is 10.0 Å². The molecule has 1 fully saturated rings. The average Bonchev–Trinajstić information content (AvgIpc) is 2.32. The number of benzene rings is 1. The van der Waals surface area contributed by atoms with Crippen LogP contribution >= 0.6 is 11.6 Å². The Morgan fingerprint density at radius 1 is 1.50 bits per heavy atom. The lowest BCUT2D eigenvalue weighted by Crippen LogP contribution is -2.50. The van der Waals surface area contributed by atoms with Crippen LogP contribution in [0, 0.1) is 5.41 Å². The van der Waals surface area contributed by atoms with E-state index in [9.17, 15) is 9.90 Å². The van der Waals surface area contributed by atoms with Gasteiger partial charge in [0.25, 0.3) is 5.91 Å². The van der Waals surface area contributed by atoms with E-state index < -0.39 is 6.10 Å². The Kier molecular flexibility index (Phi) is 3.64. The van der Waals surface area contributed by atoms with Gasteiger partial charge in [-0.05, 0) is 30.0 Å². The Hall–Kier alpha value is -1.06. The molecule has 1 aliphatic heterocycles. The van der Waals surface area contributed by atoms with Crippen molar-refractivity contribution in [3.05, 3.63) is 34.9 Å². The molecule has 0 aliphatic carbocycles. The molecule has 1 N–H and O–H groups in total. The number of aliphatic hydroxyl groups is 1. The summed E-state index contributed by atoms with van der Waals surface area (Å²) in [5, 5.41) is 10.6. The smallest absolute Gasteiger partial charge is 0.253 e. The van der Waals surface area contributed by atoms with Gasteiger partial charge >= 0.3 is 0 Å². The van der Waals surface area contributed by atoms with Crippen molar-refractivity contribution in [3.8, 4) is 0 Å². The molecule has 1 aliphatic rings. The first-order chi connectivity index (χ1) is 8.40. The molecule has 1 saturated heterocycles. The molecule has 0 aromatic heterocycles. The fourth-order valence-corrected chi connectivity index (χ4v) is 2.32. The summed E-state index contributed by atoms with van der Waals surface area (Å²) in [7, 11) is 0. The summed E-state index contributed by atoms with van der Waals surface area (Å²) >= 11 is 5.88. The molecule has 0 spiro atoms. The zero-order chi connectivity index (χ0) is 13.3. The molecule has 1 aromatic carbocycles. The summed E-state index contributed by atoms with van der Waals surface area (Å²) < 4.78 is 0. The number of halogens is 1. The van der Waals surface area contributed by atoms with E-state index in [2.05, 4.69) is 0 Å². The third-order valence-electron chi connectivity index (χ3n) is 3.68. The second kappa shape index (κ2) is 4.90. The fraction of sp³-hybridized carbons (Fsp3) is 0.500. The number of hydrogen-bond donors (Lipinski definition) is 1. The highest BCUT2D eigenvalue weighted by molar-refractivity contribution is 6.30. The number of amides is 1. The summed E-state index contributed by atoms with van der Waals surface area (Å²) in [6, 6.07) is 6.92. The molecule has 4 heteroatoms. The lowest BCUT2D eigenvalue weighted by Gasteiger charge is -2.41. The molecule has 0 bridgehead atoms. The van der Waals surface area contributed by atoms with Crippen molar-refractivity contribution >= 4 is 17.5 Å². The van der Waals surface area contributed by atoms with E-state index in [-0.39, 0.29) is 11.3 Å². The molecule has 98 valence electrons. The summed E-state index contributed by atoms with van der Waals surface area (Å²) in [6.07, 6.45) is 0.329. The van der Waals surface area contributed by atoms with E-state index in [4.69, 9.17) is 11.6 Å². The molecular formula is C14H18ClNO2. The van der Waals surface area contributed by atoms with Gasteiger partial charge in [0.15, 0.2) is 0 Å². The lowest BCUT2D eigenvalue weighted by molar-refractivity contribution is -0.0190. The van der Waals surface area contributed by atoms with Gasteiger partial charge in [-0.1, -0.05) is 31.5 Å². The highest BCUT2D eigenvalue weighted by atomic mass is 35.5. The number of likely N-dealkylation sites (tertiary alicyclic amines) is 1.